The molecule has 0 unspecified atom stereocenters. The number of piperidine rings is 1. The standard InChI is InChI=1S/C19H19F3N2O4S/c1-28-17-7-5-14(21)10-18(17)29(26,27)24-8-2-3-12(11-24)19(25)23-16-9-13(20)4-6-15(16)22/h4-7,9-10,12H,2-3,8,11H2,1H3,(H,23,25)/t12-/m0/s1. The highest BCUT2D eigenvalue weighted by Crippen LogP contribution is 2.31. The van der Waals surface area contributed by atoms with E-state index in [9.17, 15) is 26.4 Å². The smallest absolute Gasteiger partial charge is 0.246 e. The molecule has 1 aliphatic rings. The van der Waals surface area contributed by atoms with Crippen LogP contribution in [0.3, 0.4) is 0 Å². The number of amides is 1. The number of carbonyl (C=O) groups is 1. The molecule has 1 fully saturated rings. The number of nitrogens with zero attached hydrogens (tertiary/aromatic N) is 1. The Morgan fingerprint density at radius 2 is 1.83 bits per heavy atom. The van der Waals surface area contributed by atoms with Crippen molar-refractivity contribution in [1.82, 2.24) is 4.31 Å². The van der Waals surface area contributed by atoms with Gasteiger partial charge in [0.1, 0.15) is 28.1 Å². The van der Waals surface area contributed by atoms with Crippen molar-refractivity contribution in [2.24, 2.45) is 5.92 Å². The minimum absolute atomic E-state index is 0.0141. The molecular formula is C19H19F3N2O4S. The fourth-order valence-corrected chi connectivity index (χ4v) is 4.88. The van der Waals surface area contributed by atoms with E-state index in [-0.39, 0.29) is 29.4 Å². The lowest BCUT2D eigenvalue weighted by Crippen LogP contribution is -2.43. The first-order valence-corrected chi connectivity index (χ1v) is 10.3. The van der Waals surface area contributed by atoms with Gasteiger partial charge in [0, 0.05) is 19.2 Å². The molecule has 6 nitrogen and oxygen atoms in total. The summed E-state index contributed by atoms with van der Waals surface area (Å²) in [4.78, 5) is 12.2. The third-order valence-corrected chi connectivity index (χ3v) is 6.57. The Kier molecular flexibility index (Phi) is 6.13. The van der Waals surface area contributed by atoms with Gasteiger partial charge in [-0.2, -0.15) is 4.31 Å². The molecule has 156 valence electrons. The van der Waals surface area contributed by atoms with Gasteiger partial charge in [-0.15, -0.1) is 0 Å². The Labute approximate surface area is 166 Å². The summed E-state index contributed by atoms with van der Waals surface area (Å²) in [6, 6.07) is 5.81. The summed E-state index contributed by atoms with van der Waals surface area (Å²) in [6.07, 6.45) is 0.746. The second-order valence-corrected chi connectivity index (χ2v) is 8.52. The van der Waals surface area contributed by atoms with Crippen molar-refractivity contribution in [3.63, 3.8) is 0 Å². The van der Waals surface area contributed by atoms with Gasteiger partial charge >= 0.3 is 0 Å². The van der Waals surface area contributed by atoms with E-state index in [4.69, 9.17) is 4.74 Å². The number of sulfonamides is 1. The number of carbonyl (C=O) groups excluding carboxylic acids is 1. The van der Waals surface area contributed by atoms with Crippen LogP contribution in [-0.2, 0) is 14.8 Å². The topological polar surface area (TPSA) is 75.7 Å². The molecule has 29 heavy (non-hydrogen) atoms. The van der Waals surface area contributed by atoms with Crippen molar-refractivity contribution >= 4 is 21.6 Å². The number of nitrogens with one attached hydrogen (secondary N) is 1. The summed E-state index contributed by atoms with van der Waals surface area (Å²) in [5.74, 6) is -3.67. The Hall–Kier alpha value is -2.59. The largest absolute Gasteiger partial charge is 0.495 e. The molecular weight excluding hydrogens is 409 g/mol. The van der Waals surface area contributed by atoms with Crippen LogP contribution in [0.4, 0.5) is 18.9 Å². The summed E-state index contributed by atoms with van der Waals surface area (Å²) in [5.41, 5.74) is -0.318. The number of ether oxygens (including phenoxy) is 1. The molecule has 2 aromatic rings. The Bertz CT molecular complexity index is 1030. The number of methoxy groups -OCH3 is 1. The second kappa shape index (κ2) is 8.42. The molecule has 0 aromatic heterocycles. The van der Waals surface area contributed by atoms with Crippen LogP contribution < -0.4 is 10.1 Å². The van der Waals surface area contributed by atoms with Crippen molar-refractivity contribution in [3.05, 3.63) is 53.8 Å². The summed E-state index contributed by atoms with van der Waals surface area (Å²) in [5, 5.41) is 2.30. The molecule has 0 spiro atoms. The van der Waals surface area contributed by atoms with Crippen molar-refractivity contribution in [1.29, 1.82) is 0 Å². The minimum Gasteiger partial charge on any atom is -0.495 e. The van der Waals surface area contributed by atoms with Crippen molar-refractivity contribution < 1.29 is 31.1 Å². The average molecular weight is 428 g/mol. The summed E-state index contributed by atoms with van der Waals surface area (Å²) in [7, 11) is -2.86. The molecule has 0 bridgehead atoms. The van der Waals surface area contributed by atoms with E-state index in [1.54, 1.807) is 0 Å². The molecule has 2 aromatic carbocycles. The normalized spacial score (nSPS) is 17.7. The van der Waals surface area contributed by atoms with E-state index in [1.165, 1.54) is 13.2 Å². The number of benzene rings is 2. The maximum atomic E-state index is 13.8. The highest BCUT2D eigenvalue weighted by atomic mass is 32.2. The number of rotatable bonds is 5. The van der Waals surface area contributed by atoms with Gasteiger partial charge in [0.05, 0.1) is 18.7 Å². The van der Waals surface area contributed by atoms with Crippen LogP contribution in [0.15, 0.2) is 41.3 Å². The second-order valence-electron chi connectivity index (χ2n) is 6.61. The number of halogens is 3. The monoisotopic (exact) mass is 428 g/mol. The minimum atomic E-state index is -4.13. The van der Waals surface area contributed by atoms with E-state index in [0.29, 0.717) is 12.8 Å². The van der Waals surface area contributed by atoms with Gasteiger partial charge in [-0.3, -0.25) is 4.79 Å². The van der Waals surface area contributed by atoms with Crippen LogP contribution in [0.25, 0.3) is 0 Å². The molecule has 0 aliphatic carbocycles. The first kappa shape index (κ1) is 21.1. The zero-order valence-electron chi connectivity index (χ0n) is 15.5. The molecule has 1 heterocycles. The lowest BCUT2D eigenvalue weighted by Gasteiger charge is -2.31. The molecule has 1 N–H and O–H groups in total. The zero-order valence-corrected chi connectivity index (χ0v) is 16.3. The molecule has 0 saturated carbocycles. The lowest BCUT2D eigenvalue weighted by molar-refractivity contribution is -0.120. The van der Waals surface area contributed by atoms with Gasteiger partial charge in [0.15, 0.2) is 0 Å². The van der Waals surface area contributed by atoms with Crippen molar-refractivity contribution in [2.45, 2.75) is 17.7 Å². The maximum absolute atomic E-state index is 13.8. The molecule has 1 atom stereocenters. The summed E-state index contributed by atoms with van der Waals surface area (Å²) >= 11 is 0. The number of anilines is 1. The van der Waals surface area contributed by atoms with Gasteiger partial charge in [-0.05, 0) is 43.2 Å². The fourth-order valence-electron chi connectivity index (χ4n) is 3.19. The molecule has 1 saturated heterocycles. The molecule has 1 amide bonds. The van der Waals surface area contributed by atoms with Gasteiger partial charge in [0.2, 0.25) is 15.9 Å². The SMILES string of the molecule is COc1ccc(F)cc1S(=O)(=O)N1CCC[C@H](C(=O)Nc2cc(F)ccc2F)C1. The van der Waals surface area contributed by atoms with Gasteiger partial charge in [-0.1, -0.05) is 0 Å². The molecule has 0 radical (unpaired) electrons. The Balaban J connectivity index is 1.80. The van der Waals surface area contributed by atoms with Crippen LogP contribution in [0, 0.1) is 23.4 Å². The third kappa shape index (κ3) is 4.54. The fraction of sp³-hybridized carbons (Fsp3) is 0.316. The van der Waals surface area contributed by atoms with Crippen molar-refractivity contribution in [2.75, 3.05) is 25.5 Å². The zero-order chi connectivity index (χ0) is 21.2. The van der Waals surface area contributed by atoms with Gasteiger partial charge in [0.25, 0.3) is 0 Å². The van der Waals surface area contributed by atoms with Crippen molar-refractivity contribution in [3.8, 4) is 5.75 Å². The van der Waals surface area contributed by atoms with Crippen LogP contribution >= 0.6 is 0 Å². The Morgan fingerprint density at radius 1 is 1.14 bits per heavy atom. The van der Waals surface area contributed by atoms with E-state index >= 15 is 0 Å². The molecule has 1 aliphatic heterocycles. The van der Waals surface area contributed by atoms with Crippen LogP contribution in [0.5, 0.6) is 5.75 Å². The average Bonchev–Trinajstić information content (AvgIpc) is 2.70. The Morgan fingerprint density at radius 3 is 2.55 bits per heavy atom. The quantitative estimate of drug-likeness (QED) is 0.794. The van der Waals surface area contributed by atoms with E-state index < -0.39 is 39.3 Å². The molecule has 3 rings (SSSR count). The highest BCUT2D eigenvalue weighted by Gasteiger charge is 2.35. The van der Waals surface area contributed by atoms with Crippen LogP contribution in [-0.4, -0.2) is 38.8 Å². The van der Waals surface area contributed by atoms with Gasteiger partial charge in [-0.25, -0.2) is 21.6 Å². The van der Waals surface area contributed by atoms with Gasteiger partial charge < -0.3 is 10.1 Å². The van der Waals surface area contributed by atoms with E-state index in [1.807, 2.05) is 0 Å². The predicted molar refractivity (Wildman–Crippen MR) is 99.4 cm³/mol. The lowest BCUT2D eigenvalue weighted by atomic mass is 9.98. The summed E-state index contributed by atoms with van der Waals surface area (Å²) < 4.78 is 72.8. The first-order valence-electron chi connectivity index (χ1n) is 8.82. The third-order valence-electron chi connectivity index (χ3n) is 4.68. The number of hydrogen-bond acceptors (Lipinski definition) is 4. The van der Waals surface area contributed by atoms with E-state index in [0.717, 1.165) is 34.6 Å². The molecule has 10 heteroatoms. The highest BCUT2D eigenvalue weighted by molar-refractivity contribution is 7.89. The number of hydrogen-bond donors (Lipinski definition) is 1. The predicted octanol–water partition coefficient (Wildman–Crippen LogP) is 3.15. The van der Waals surface area contributed by atoms with E-state index in [2.05, 4.69) is 5.32 Å². The van der Waals surface area contributed by atoms with Crippen LogP contribution in [0.2, 0.25) is 0 Å². The first-order chi connectivity index (χ1) is 13.7. The van der Waals surface area contributed by atoms with Crippen LogP contribution in [0.1, 0.15) is 12.8 Å². The summed E-state index contributed by atoms with van der Waals surface area (Å²) in [6.45, 7) is -0.0368. The maximum Gasteiger partial charge on any atom is 0.246 e.